The van der Waals surface area contributed by atoms with Crippen molar-refractivity contribution in [2.24, 2.45) is 5.92 Å². The SMILES string of the molecule is C=CC(=O)N1CC2CC[C@@H](c3[nH]c4nnc(-c5ccccc5O)cc4c3C3CCOC3)C21. The van der Waals surface area contributed by atoms with E-state index in [9.17, 15) is 9.90 Å². The molecule has 2 aliphatic heterocycles. The number of carbonyl (C=O) groups excluding carboxylic acids is 1. The van der Waals surface area contributed by atoms with Crippen molar-refractivity contribution in [2.75, 3.05) is 19.8 Å². The van der Waals surface area contributed by atoms with Gasteiger partial charge >= 0.3 is 0 Å². The Morgan fingerprint density at radius 1 is 1.25 bits per heavy atom. The number of amides is 1. The molecule has 2 saturated heterocycles. The molecule has 7 nitrogen and oxygen atoms in total. The van der Waals surface area contributed by atoms with Crippen LogP contribution in [0.5, 0.6) is 5.75 Å². The molecule has 2 aromatic heterocycles. The Balaban J connectivity index is 1.48. The summed E-state index contributed by atoms with van der Waals surface area (Å²) >= 11 is 0. The van der Waals surface area contributed by atoms with Crippen LogP contribution in [0, 0.1) is 5.92 Å². The zero-order valence-corrected chi connectivity index (χ0v) is 17.8. The van der Waals surface area contributed by atoms with E-state index in [1.807, 2.05) is 23.1 Å². The minimum atomic E-state index is 0.0154. The number of nitrogens with zero attached hydrogens (tertiary/aromatic N) is 3. The minimum absolute atomic E-state index is 0.0154. The summed E-state index contributed by atoms with van der Waals surface area (Å²) in [5.41, 5.74) is 4.49. The molecule has 3 fully saturated rings. The van der Waals surface area contributed by atoms with Crippen molar-refractivity contribution < 1.29 is 14.6 Å². The maximum Gasteiger partial charge on any atom is 0.246 e. The van der Waals surface area contributed by atoms with E-state index >= 15 is 0 Å². The summed E-state index contributed by atoms with van der Waals surface area (Å²) < 4.78 is 5.75. The van der Waals surface area contributed by atoms with Gasteiger partial charge in [-0.3, -0.25) is 4.79 Å². The van der Waals surface area contributed by atoms with Gasteiger partial charge in [0.15, 0.2) is 5.65 Å². The van der Waals surface area contributed by atoms with E-state index in [1.54, 1.807) is 12.1 Å². The van der Waals surface area contributed by atoms with Crippen LogP contribution in [0.1, 0.15) is 42.4 Å². The largest absolute Gasteiger partial charge is 0.507 e. The van der Waals surface area contributed by atoms with Crippen LogP contribution in [-0.4, -0.2) is 56.9 Å². The van der Waals surface area contributed by atoms with Crippen LogP contribution in [0.15, 0.2) is 43.0 Å². The summed E-state index contributed by atoms with van der Waals surface area (Å²) in [5.74, 6) is 1.28. The molecule has 32 heavy (non-hydrogen) atoms. The molecule has 6 rings (SSSR count). The van der Waals surface area contributed by atoms with E-state index in [4.69, 9.17) is 4.74 Å². The van der Waals surface area contributed by atoms with E-state index in [0.717, 1.165) is 43.4 Å². The number of aromatic nitrogens is 3. The predicted molar refractivity (Wildman–Crippen MR) is 120 cm³/mol. The number of H-pyrrole nitrogens is 1. The molecule has 7 heteroatoms. The number of hydrogen-bond acceptors (Lipinski definition) is 5. The van der Waals surface area contributed by atoms with Gasteiger partial charge in [0.25, 0.3) is 0 Å². The topological polar surface area (TPSA) is 91.3 Å². The summed E-state index contributed by atoms with van der Waals surface area (Å²) in [5, 5.41) is 20.3. The Hall–Kier alpha value is -3.19. The molecule has 3 aromatic rings. The van der Waals surface area contributed by atoms with E-state index in [2.05, 4.69) is 21.8 Å². The van der Waals surface area contributed by atoms with Crippen LogP contribution in [0.4, 0.5) is 0 Å². The number of phenolic OH excluding ortho intramolecular Hbond substituents is 1. The molecule has 0 radical (unpaired) electrons. The number of rotatable bonds is 4. The van der Waals surface area contributed by atoms with Crippen LogP contribution in [-0.2, 0) is 9.53 Å². The van der Waals surface area contributed by atoms with Crippen molar-refractivity contribution in [2.45, 2.75) is 37.1 Å². The van der Waals surface area contributed by atoms with Crippen molar-refractivity contribution in [3.05, 3.63) is 54.2 Å². The second-order valence-electron chi connectivity index (χ2n) is 9.15. The first-order valence-corrected chi connectivity index (χ1v) is 11.3. The highest BCUT2D eigenvalue weighted by molar-refractivity contribution is 5.89. The average molecular weight is 431 g/mol. The molecule has 4 heterocycles. The van der Waals surface area contributed by atoms with Gasteiger partial charge in [0, 0.05) is 47.7 Å². The molecule has 3 aliphatic rings. The van der Waals surface area contributed by atoms with Crippen LogP contribution < -0.4 is 0 Å². The summed E-state index contributed by atoms with van der Waals surface area (Å²) in [4.78, 5) is 17.9. The van der Waals surface area contributed by atoms with Gasteiger partial charge in [-0.1, -0.05) is 18.7 Å². The van der Waals surface area contributed by atoms with Gasteiger partial charge in [-0.05, 0) is 55.0 Å². The Morgan fingerprint density at radius 3 is 2.91 bits per heavy atom. The third kappa shape index (κ3) is 2.88. The quantitative estimate of drug-likeness (QED) is 0.616. The molecule has 1 aromatic carbocycles. The number of ether oxygens (including phenoxy) is 1. The number of benzene rings is 1. The Kier molecular flexibility index (Phi) is 4.54. The molecular formula is C25H26N4O3. The van der Waals surface area contributed by atoms with Crippen molar-refractivity contribution in [3.8, 4) is 17.0 Å². The van der Waals surface area contributed by atoms with Gasteiger partial charge in [-0.2, -0.15) is 0 Å². The average Bonchev–Trinajstić information content (AvgIpc) is 3.51. The lowest BCUT2D eigenvalue weighted by Gasteiger charge is -2.46. The maximum atomic E-state index is 12.4. The van der Waals surface area contributed by atoms with E-state index in [0.29, 0.717) is 23.8 Å². The zero-order valence-electron chi connectivity index (χ0n) is 17.8. The first kappa shape index (κ1) is 19.5. The number of nitrogens with one attached hydrogen (secondary N) is 1. The predicted octanol–water partition coefficient (Wildman–Crippen LogP) is 3.72. The van der Waals surface area contributed by atoms with Gasteiger partial charge < -0.3 is 19.7 Å². The molecule has 4 atom stereocenters. The van der Waals surface area contributed by atoms with Gasteiger partial charge in [0.05, 0.1) is 12.3 Å². The summed E-state index contributed by atoms with van der Waals surface area (Å²) in [6.45, 7) is 5.94. The van der Waals surface area contributed by atoms with Gasteiger partial charge in [0.2, 0.25) is 5.91 Å². The molecular weight excluding hydrogens is 404 g/mol. The lowest BCUT2D eigenvalue weighted by atomic mass is 9.82. The van der Waals surface area contributed by atoms with E-state index in [1.165, 1.54) is 17.3 Å². The molecule has 1 aliphatic carbocycles. The second-order valence-corrected chi connectivity index (χ2v) is 9.15. The minimum Gasteiger partial charge on any atom is -0.507 e. The molecule has 0 spiro atoms. The molecule has 0 bridgehead atoms. The number of fused-ring (bicyclic) bond motifs is 2. The number of hydrogen-bond donors (Lipinski definition) is 2. The summed E-state index contributed by atoms with van der Waals surface area (Å²) in [7, 11) is 0. The number of likely N-dealkylation sites (tertiary alicyclic amines) is 1. The van der Waals surface area contributed by atoms with Crippen LogP contribution >= 0.6 is 0 Å². The maximum absolute atomic E-state index is 12.4. The number of carbonyl (C=O) groups is 1. The number of aromatic amines is 1. The van der Waals surface area contributed by atoms with Crippen molar-refractivity contribution in [1.29, 1.82) is 0 Å². The molecule has 2 N–H and O–H groups in total. The Labute approximate surface area is 186 Å². The highest BCUT2D eigenvalue weighted by atomic mass is 16.5. The highest BCUT2D eigenvalue weighted by Gasteiger charge is 2.51. The first-order chi connectivity index (χ1) is 15.7. The van der Waals surface area contributed by atoms with Gasteiger partial charge in [-0.25, -0.2) is 0 Å². The molecule has 164 valence electrons. The van der Waals surface area contributed by atoms with Crippen molar-refractivity contribution in [1.82, 2.24) is 20.1 Å². The summed E-state index contributed by atoms with van der Waals surface area (Å²) in [6, 6.07) is 9.44. The normalized spacial score (nSPS) is 26.8. The lowest BCUT2D eigenvalue weighted by Crippen LogP contribution is -2.57. The van der Waals surface area contributed by atoms with E-state index in [-0.39, 0.29) is 29.5 Å². The van der Waals surface area contributed by atoms with Crippen LogP contribution in [0.2, 0.25) is 0 Å². The smallest absolute Gasteiger partial charge is 0.246 e. The van der Waals surface area contributed by atoms with Crippen molar-refractivity contribution >= 4 is 16.9 Å². The molecule has 1 amide bonds. The third-order valence-electron chi connectivity index (χ3n) is 7.51. The zero-order chi connectivity index (χ0) is 21.8. The van der Waals surface area contributed by atoms with Gasteiger partial charge in [-0.15, -0.1) is 10.2 Å². The fourth-order valence-electron chi connectivity index (χ4n) is 5.99. The number of aromatic hydroxyl groups is 1. The lowest BCUT2D eigenvalue weighted by molar-refractivity contribution is -0.137. The van der Waals surface area contributed by atoms with E-state index < -0.39 is 0 Å². The standard InChI is InChI=1S/C25H26N4O3/c1-2-21(31)29-12-14-7-8-17(24(14)29)23-22(15-9-10-32-13-15)18-11-19(27-28-25(18)26-23)16-5-3-4-6-20(16)30/h2-6,11,14-15,17,24,30H,1,7-10,12-13H2,(H,26,28)/t14?,15?,17-,24?/m0/s1. The Bertz CT molecular complexity index is 1210. The van der Waals surface area contributed by atoms with Crippen LogP contribution in [0.3, 0.4) is 0 Å². The fourth-order valence-corrected chi connectivity index (χ4v) is 5.99. The second kappa shape index (κ2) is 7.45. The van der Waals surface area contributed by atoms with Crippen molar-refractivity contribution in [3.63, 3.8) is 0 Å². The molecule has 3 unspecified atom stereocenters. The summed E-state index contributed by atoms with van der Waals surface area (Å²) in [6.07, 6.45) is 4.56. The number of phenols is 1. The van der Waals surface area contributed by atoms with Gasteiger partial charge in [0.1, 0.15) is 5.75 Å². The number of para-hydroxylation sites is 1. The third-order valence-corrected chi connectivity index (χ3v) is 7.51. The highest BCUT2D eigenvalue weighted by Crippen LogP contribution is 2.51. The molecule has 1 saturated carbocycles. The Morgan fingerprint density at radius 2 is 2.12 bits per heavy atom. The fraction of sp³-hybridized carbons (Fsp3) is 0.400. The van der Waals surface area contributed by atoms with Crippen LogP contribution in [0.25, 0.3) is 22.3 Å². The monoisotopic (exact) mass is 430 g/mol. The first-order valence-electron chi connectivity index (χ1n) is 11.3.